The quantitative estimate of drug-likeness (QED) is 0.142. The molecular weight excluding hydrogens is 781 g/mol. The fourth-order valence-corrected chi connectivity index (χ4v) is 8.80. The van der Waals surface area contributed by atoms with Gasteiger partial charge in [0.25, 0.3) is 0 Å². The normalized spacial score (nSPS) is 11.7. The Kier molecular flexibility index (Phi) is 9.05. The van der Waals surface area contributed by atoms with Gasteiger partial charge in [-0.2, -0.15) is 0 Å². The first-order valence-electron chi connectivity index (χ1n) is 21.4. The lowest BCUT2D eigenvalue weighted by Crippen LogP contribution is -2.10. The van der Waals surface area contributed by atoms with E-state index in [0.29, 0.717) is 0 Å². The van der Waals surface area contributed by atoms with Gasteiger partial charge in [0.05, 0.1) is 69.6 Å². The third-order valence-corrected chi connectivity index (χ3v) is 12.0. The van der Waals surface area contributed by atoms with Crippen molar-refractivity contribution in [3.8, 4) is 0 Å². The van der Waals surface area contributed by atoms with Crippen LogP contribution in [0, 0.1) is 0 Å². The van der Waals surface area contributed by atoms with Crippen LogP contribution in [0.5, 0.6) is 0 Å². The number of fused-ring (bicyclic) bond motifs is 6. The molecule has 0 bridgehead atoms. The van der Waals surface area contributed by atoms with Crippen molar-refractivity contribution in [1.82, 2.24) is 19.9 Å². The summed E-state index contributed by atoms with van der Waals surface area (Å²) in [6.45, 7) is 0. The minimum Gasteiger partial charge on any atom is -0.307 e. The second-order valence-electron chi connectivity index (χ2n) is 16.1. The standard InChI is InChI=1S/C58H38N6/c1-5-13-55-45(9-1)31-51(35-59-55)63(52-32-46-10-2-6-14-56(46)60-36-52)49-25-23-41-27-39(19-21-43(41)29-49)17-18-40-20-22-44-30-50(26-24-42(44)28-40)64(53-33-47-11-3-7-15-57(47)61-37-53)54-34-48-12-4-8-16-58(48)62-38-54/h1-38H. The Hall–Kier alpha value is -8.74. The van der Waals surface area contributed by atoms with Gasteiger partial charge in [-0.1, -0.05) is 121 Å². The molecule has 4 aromatic heterocycles. The van der Waals surface area contributed by atoms with Gasteiger partial charge < -0.3 is 9.80 Å². The van der Waals surface area contributed by atoms with E-state index in [4.69, 9.17) is 19.9 Å². The molecule has 0 fully saturated rings. The number of aromatic nitrogens is 4. The third kappa shape index (κ3) is 6.99. The first-order chi connectivity index (χ1) is 31.6. The van der Waals surface area contributed by atoms with Crippen molar-refractivity contribution in [2.45, 2.75) is 0 Å². The Morgan fingerprint density at radius 3 is 0.875 bits per heavy atom. The molecule has 0 saturated heterocycles. The average molecular weight is 819 g/mol. The fourth-order valence-electron chi connectivity index (χ4n) is 8.80. The van der Waals surface area contributed by atoms with Crippen LogP contribution < -0.4 is 9.80 Å². The SMILES string of the molecule is C(=Cc1ccc2cc(N(c3cnc4ccccc4c3)c3cnc4ccccc4c3)ccc2c1)c1ccc2cc(N(c3cnc4ccccc4c3)c3cnc4ccccc4c3)ccc2c1. The predicted molar refractivity (Wildman–Crippen MR) is 267 cm³/mol. The van der Waals surface area contributed by atoms with Crippen molar-refractivity contribution in [3.63, 3.8) is 0 Å². The van der Waals surface area contributed by atoms with Crippen molar-refractivity contribution < 1.29 is 0 Å². The van der Waals surface area contributed by atoms with Crippen LogP contribution in [-0.2, 0) is 0 Å². The predicted octanol–water partition coefficient (Wildman–Crippen LogP) is 15.3. The Balaban J connectivity index is 0.848. The minimum absolute atomic E-state index is 0.965. The van der Waals surface area contributed by atoms with Crippen LogP contribution in [0.3, 0.4) is 0 Å². The Morgan fingerprint density at radius 2 is 0.531 bits per heavy atom. The fraction of sp³-hybridized carbons (Fsp3) is 0. The molecule has 12 aromatic rings. The van der Waals surface area contributed by atoms with Crippen molar-refractivity contribution in [3.05, 3.63) is 230 Å². The molecule has 0 aliphatic rings. The molecule has 6 nitrogen and oxygen atoms in total. The molecule has 0 saturated carbocycles. The van der Waals surface area contributed by atoms with Crippen LogP contribution in [0.4, 0.5) is 34.1 Å². The Morgan fingerprint density at radius 1 is 0.250 bits per heavy atom. The zero-order chi connectivity index (χ0) is 42.4. The maximum absolute atomic E-state index is 4.83. The minimum atomic E-state index is 0.965. The second kappa shape index (κ2) is 15.6. The monoisotopic (exact) mass is 818 g/mol. The van der Waals surface area contributed by atoms with Crippen LogP contribution in [0.25, 0.3) is 77.3 Å². The van der Waals surface area contributed by atoms with Crippen LogP contribution >= 0.6 is 0 Å². The van der Waals surface area contributed by atoms with E-state index >= 15 is 0 Å². The van der Waals surface area contributed by atoms with Crippen molar-refractivity contribution in [2.24, 2.45) is 0 Å². The summed E-state index contributed by atoms with van der Waals surface area (Å²) in [6.07, 6.45) is 12.2. The first-order valence-corrected chi connectivity index (χ1v) is 21.4. The largest absolute Gasteiger partial charge is 0.307 e. The van der Waals surface area contributed by atoms with Gasteiger partial charge in [0, 0.05) is 32.9 Å². The molecule has 0 radical (unpaired) electrons. The number of rotatable bonds is 8. The van der Waals surface area contributed by atoms with Crippen LogP contribution in [-0.4, -0.2) is 19.9 Å². The smallest absolute Gasteiger partial charge is 0.0703 e. The van der Waals surface area contributed by atoms with Gasteiger partial charge in [0.2, 0.25) is 0 Å². The number of para-hydroxylation sites is 4. The highest BCUT2D eigenvalue weighted by Crippen LogP contribution is 2.40. The molecule has 0 N–H and O–H groups in total. The summed E-state index contributed by atoms with van der Waals surface area (Å²) in [5.41, 5.74) is 12.1. The lowest BCUT2D eigenvalue weighted by atomic mass is 10.0. The van der Waals surface area contributed by atoms with Crippen LogP contribution in [0.15, 0.2) is 219 Å². The number of pyridine rings is 4. The van der Waals surface area contributed by atoms with E-state index in [-0.39, 0.29) is 0 Å². The molecule has 0 aliphatic carbocycles. The van der Waals surface area contributed by atoms with Gasteiger partial charge in [0.1, 0.15) is 0 Å². The zero-order valence-electron chi connectivity index (χ0n) is 34.6. The highest BCUT2D eigenvalue weighted by Gasteiger charge is 2.17. The molecule has 0 spiro atoms. The zero-order valence-corrected chi connectivity index (χ0v) is 34.6. The molecule has 6 heteroatoms. The molecule has 12 rings (SSSR count). The third-order valence-electron chi connectivity index (χ3n) is 12.0. The van der Waals surface area contributed by atoms with E-state index in [0.717, 1.165) is 110 Å². The summed E-state index contributed by atoms with van der Waals surface area (Å²) < 4.78 is 0. The van der Waals surface area contributed by atoms with E-state index in [1.165, 1.54) is 0 Å². The van der Waals surface area contributed by atoms with E-state index in [1.54, 1.807) is 0 Å². The van der Waals surface area contributed by atoms with Gasteiger partial charge in [-0.05, 0) is 118 Å². The summed E-state index contributed by atoms with van der Waals surface area (Å²) in [5.74, 6) is 0. The van der Waals surface area contributed by atoms with Gasteiger partial charge in [-0.3, -0.25) is 19.9 Å². The molecule has 0 unspecified atom stereocenters. The Labute approximate surface area is 369 Å². The highest BCUT2D eigenvalue weighted by molar-refractivity contribution is 5.96. The molecule has 0 aliphatic heterocycles. The molecule has 300 valence electrons. The highest BCUT2D eigenvalue weighted by atomic mass is 15.2. The average Bonchev–Trinajstić information content (AvgIpc) is 3.35. The maximum Gasteiger partial charge on any atom is 0.0703 e. The molecule has 64 heavy (non-hydrogen) atoms. The number of anilines is 6. The summed E-state index contributed by atoms with van der Waals surface area (Å²) >= 11 is 0. The molecular formula is C58H38N6. The maximum atomic E-state index is 4.83. The first kappa shape index (κ1) is 37.1. The number of benzene rings is 8. The molecule has 8 aromatic carbocycles. The van der Waals surface area contributed by atoms with Crippen molar-refractivity contribution >= 4 is 111 Å². The van der Waals surface area contributed by atoms with Crippen LogP contribution in [0.1, 0.15) is 11.1 Å². The molecule has 4 heterocycles. The van der Waals surface area contributed by atoms with E-state index in [1.807, 2.05) is 73.3 Å². The van der Waals surface area contributed by atoms with Gasteiger partial charge in [-0.25, -0.2) is 0 Å². The molecule has 0 amide bonds. The number of nitrogens with zero attached hydrogens (tertiary/aromatic N) is 6. The summed E-state index contributed by atoms with van der Waals surface area (Å²) in [5, 5.41) is 8.97. The topological polar surface area (TPSA) is 58.0 Å². The summed E-state index contributed by atoms with van der Waals surface area (Å²) in [7, 11) is 0. The lowest BCUT2D eigenvalue weighted by molar-refractivity contribution is 1.24. The van der Waals surface area contributed by atoms with Crippen molar-refractivity contribution in [1.29, 1.82) is 0 Å². The summed E-state index contributed by atoms with van der Waals surface area (Å²) in [6, 6.07) is 68.3. The van der Waals surface area contributed by atoms with Gasteiger partial charge in [0.15, 0.2) is 0 Å². The Bertz CT molecular complexity index is 3380. The van der Waals surface area contributed by atoms with Crippen molar-refractivity contribution in [2.75, 3.05) is 9.80 Å². The van der Waals surface area contributed by atoms with Crippen LogP contribution in [0.2, 0.25) is 0 Å². The number of hydrogen-bond donors (Lipinski definition) is 0. The van der Waals surface area contributed by atoms with E-state index in [9.17, 15) is 0 Å². The molecule has 0 atom stereocenters. The van der Waals surface area contributed by atoms with Gasteiger partial charge in [-0.15, -0.1) is 0 Å². The lowest BCUT2D eigenvalue weighted by Gasteiger charge is -2.25. The van der Waals surface area contributed by atoms with E-state index < -0.39 is 0 Å². The summed E-state index contributed by atoms with van der Waals surface area (Å²) in [4.78, 5) is 23.8. The van der Waals surface area contributed by atoms with E-state index in [2.05, 4.69) is 168 Å². The second-order valence-corrected chi connectivity index (χ2v) is 16.1. The number of hydrogen-bond acceptors (Lipinski definition) is 6. The van der Waals surface area contributed by atoms with Gasteiger partial charge >= 0.3 is 0 Å².